The van der Waals surface area contributed by atoms with Crippen molar-refractivity contribution in [3.63, 3.8) is 0 Å². The van der Waals surface area contributed by atoms with Gasteiger partial charge in [-0.05, 0) is 35.9 Å². The van der Waals surface area contributed by atoms with Crippen LogP contribution in [0.4, 0.5) is 11.4 Å². The Hall–Kier alpha value is -4.92. The van der Waals surface area contributed by atoms with Crippen molar-refractivity contribution in [3.05, 3.63) is 95.1 Å². The minimum absolute atomic E-state index is 0.0418. The lowest BCUT2D eigenvalue weighted by molar-refractivity contribution is -0.117. The molecule has 3 aromatic carbocycles. The molecule has 0 bridgehead atoms. The van der Waals surface area contributed by atoms with Crippen LogP contribution < -0.4 is 21.7 Å². The summed E-state index contributed by atoms with van der Waals surface area (Å²) in [4.78, 5) is 48.5. The van der Waals surface area contributed by atoms with Gasteiger partial charge in [0.25, 0.3) is 11.8 Å². The van der Waals surface area contributed by atoms with Crippen LogP contribution in [0, 0.1) is 0 Å². The first kappa shape index (κ1) is 24.2. The summed E-state index contributed by atoms with van der Waals surface area (Å²) < 4.78 is 4.78. The third-order valence-electron chi connectivity index (χ3n) is 5.55. The Morgan fingerprint density at radius 1 is 0.917 bits per heavy atom. The van der Waals surface area contributed by atoms with E-state index in [1.165, 1.54) is 7.11 Å². The van der Waals surface area contributed by atoms with E-state index < -0.39 is 11.9 Å². The molecule has 1 heterocycles. The number of primary amides is 1. The lowest BCUT2D eigenvalue weighted by atomic mass is 9.99. The highest BCUT2D eigenvalue weighted by Crippen LogP contribution is 2.38. The number of rotatable bonds is 8. The molecule has 4 rings (SSSR count). The summed E-state index contributed by atoms with van der Waals surface area (Å²) >= 11 is 0. The van der Waals surface area contributed by atoms with E-state index >= 15 is 0 Å². The number of hydrogen-bond acceptors (Lipinski definition) is 6. The quantitative estimate of drug-likeness (QED) is 0.286. The van der Waals surface area contributed by atoms with Crippen molar-refractivity contribution in [1.29, 1.82) is 0 Å². The van der Waals surface area contributed by atoms with Gasteiger partial charge >= 0.3 is 5.97 Å². The fraction of sp³-hybridized carbons (Fsp3) is 0.111. The van der Waals surface area contributed by atoms with Gasteiger partial charge in [-0.3, -0.25) is 14.4 Å². The summed E-state index contributed by atoms with van der Waals surface area (Å²) in [5, 5.41) is 8.77. The van der Waals surface area contributed by atoms with Gasteiger partial charge in [0.2, 0.25) is 5.91 Å². The van der Waals surface area contributed by atoms with Gasteiger partial charge in [-0.1, -0.05) is 42.5 Å². The molecule has 3 amide bonds. The zero-order valence-electron chi connectivity index (χ0n) is 19.5. The van der Waals surface area contributed by atoms with E-state index in [-0.39, 0.29) is 24.8 Å². The molecule has 1 aliphatic rings. The molecule has 0 fully saturated rings. The number of nitrogens with one attached hydrogen (secondary N) is 3. The summed E-state index contributed by atoms with van der Waals surface area (Å²) in [6.45, 7) is 0.135. The number of hydrogen-bond donors (Lipinski definition) is 4. The van der Waals surface area contributed by atoms with Crippen LogP contribution >= 0.6 is 0 Å². The number of benzene rings is 3. The van der Waals surface area contributed by atoms with Gasteiger partial charge in [0, 0.05) is 29.8 Å². The molecule has 0 saturated heterocycles. The smallest absolute Gasteiger partial charge is 0.337 e. The third-order valence-corrected chi connectivity index (χ3v) is 5.55. The second-order valence-electron chi connectivity index (χ2n) is 8.00. The zero-order chi connectivity index (χ0) is 25.7. The molecule has 9 heteroatoms. The highest BCUT2D eigenvalue weighted by atomic mass is 16.5. The second kappa shape index (κ2) is 10.6. The van der Waals surface area contributed by atoms with Crippen molar-refractivity contribution in [2.75, 3.05) is 24.3 Å². The van der Waals surface area contributed by atoms with Gasteiger partial charge in [-0.15, -0.1) is 0 Å². The highest BCUT2D eigenvalue weighted by Gasteiger charge is 2.29. The number of nitrogens with two attached hydrogens (primary N) is 1. The number of esters is 1. The summed E-state index contributed by atoms with van der Waals surface area (Å²) in [7, 11) is 1.29. The van der Waals surface area contributed by atoms with Crippen LogP contribution in [0.1, 0.15) is 38.3 Å². The van der Waals surface area contributed by atoms with Crippen molar-refractivity contribution in [3.8, 4) is 0 Å². The maximum atomic E-state index is 13.1. The second-order valence-corrected chi connectivity index (χ2v) is 8.00. The number of carbonyl (C=O) groups excluding carboxylic acids is 4. The molecular formula is C27H24N4O5. The van der Waals surface area contributed by atoms with Gasteiger partial charge in [0.05, 0.1) is 29.6 Å². The van der Waals surface area contributed by atoms with Crippen molar-refractivity contribution in [2.45, 2.75) is 6.42 Å². The monoisotopic (exact) mass is 484 g/mol. The Kier molecular flexibility index (Phi) is 7.10. The highest BCUT2D eigenvalue weighted by molar-refractivity contribution is 6.37. The van der Waals surface area contributed by atoms with Gasteiger partial charge in [-0.2, -0.15) is 0 Å². The average molecular weight is 485 g/mol. The van der Waals surface area contributed by atoms with E-state index in [1.807, 2.05) is 30.3 Å². The van der Waals surface area contributed by atoms with E-state index in [9.17, 15) is 19.2 Å². The molecule has 0 aromatic heterocycles. The summed E-state index contributed by atoms with van der Waals surface area (Å²) in [5.74, 6) is -1.69. The lowest BCUT2D eigenvalue weighted by Gasteiger charge is -2.15. The molecule has 0 unspecified atom stereocenters. The van der Waals surface area contributed by atoms with E-state index in [0.29, 0.717) is 39.3 Å². The predicted octanol–water partition coefficient (Wildman–Crippen LogP) is 3.01. The van der Waals surface area contributed by atoms with Crippen LogP contribution in [0.15, 0.2) is 72.8 Å². The molecule has 182 valence electrons. The van der Waals surface area contributed by atoms with Crippen LogP contribution in [-0.2, 0) is 14.3 Å². The van der Waals surface area contributed by atoms with E-state index in [0.717, 1.165) is 5.56 Å². The van der Waals surface area contributed by atoms with Gasteiger partial charge in [0.1, 0.15) is 0 Å². The van der Waals surface area contributed by atoms with Crippen LogP contribution in [0.5, 0.6) is 0 Å². The normalized spacial score (nSPS) is 13.3. The van der Waals surface area contributed by atoms with Gasteiger partial charge in [0.15, 0.2) is 0 Å². The topological polar surface area (TPSA) is 140 Å². The third kappa shape index (κ3) is 5.25. The van der Waals surface area contributed by atoms with E-state index in [2.05, 4.69) is 16.0 Å². The summed E-state index contributed by atoms with van der Waals surface area (Å²) in [6.07, 6.45) is 0.0418. The van der Waals surface area contributed by atoms with E-state index in [1.54, 1.807) is 42.5 Å². The van der Waals surface area contributed by atoms with Gasteiger partial charge < -0.3 is 26.4 Å². The average Bonchev–Trinajstić information content (AvgIpc) is 3.21. The van der Waals surface area contributed by atoms with Crippen LogP contribution in [0.25, 0.3) is 11.3 Å². The molecular weight excluding hydrogens is 460 g/mol. The molecule has 0 radical (unpaired) electrons. The Bertz CT molecular complexity index is 1380. The molecule has 9 nitrogen and oxygen atoms in total. The lowest BCUT2D eigenvalue weighted by Crippen LogP contribution is -2.27. The first-order valence-corrected chi connectivity index (χ1v) is 11.1. The molecule has 36 heavy (non-hydrogen) atoms. The Morgan fingerprint density at radius 2 is 1.67 bits per heavy atom. The summed E-state index contributed by atoms with van der Waals surface area (Å²) in [5.41, 5.74) is 9.20. The van der Waals surface area contributed by atoms with Crippen LogP contribution in [-0.4, -0.2) is 37.3 Å². The minimum Gasteiger partial charge on any atom is -0.465 e. The number of fused-ring (bicyclic) bond motifs is 1. The van der Waals surface area contributed by atoms with Crippen LogP contribution in [0.2, 0.25) is 0 Å². The van der Waals surface area contributed by atoms with Crippen LogP contribution in [0.3, 0.4) is 0 Å². The molecule has 5 N–H and O–H groups in total. The van der Waals surface area contributed by atoms with Crippen molar-refractivity contribution >= 4 is 46.3 Å². The molecule has 3 aromatic rings. The molecule has 1 aliphatic heterocycles. The number of amides is 3. The van der Waals surface area contributed by atoms with Gasteiger partial charge in [-0.25, -0.2) is 4.79 Å². The maximum absolute atomic E-state index is 13.1. The molecule has 0 saturated carbocycles. The fourth-order valence-corrected chi connectivity index (χ4v) is 3.83. The first-order chi connectivity index (χ1) is 17.4. The SMILES string of the molecule is COC(=O)c1ccc2c(c1)NC(=O)/C2=C(\Nc1cccc(C(=O)NCCC(N)=O)c1)c1ccccc1. The number of methoxy groups -OCH3 is 1. The molecule has 0 atom stereocenters. The Balaban J connectivity index is 1.72. The Morgan fingerprint density at radius 3 is 2.39 bits per heavy atom. The first-order valence-electron chi connectivity index (χ1n) is 11.1. The number of ether oxygens (including phenoxy) is 1. The zero-order valence-corrected chi connectivity index (χ0v) is 19.5. The molecule has 0 spiro atoms. The predicted molar refractivity (Wildman–Crippen MR) is 136 cm³/mol. The maximum Gasteiger partial charge on any atom is 0.337 e. The molecule has 0 aliphatic carbocycles. The minimum atomic E-state index is -0.503. The fourth-order valence-electron chi connectivity index (χ4n) is 3.83. The number of anilines is 2. The summed E-state index contributed by atoms with van der Waals surface area (Å²) in [6, 6.07) is 21.0. The van der Waals surface area contributed by atoms with Crippen molar-refractivity contribution in [2.24, 2.45) is 5.73 Å². The number of carbonyl (C=O) groups is 4. The Labute approximate surface area is 207 Å². The standard InChI is InChI=1S/C27H24N4O5/c1-36-27(35)18-10-11-20-21(15-18)31-26(34)23(20)24(16-6-3-2-4-7-16)30-19-9-5-8-17(14-19)25(33)29-13-12-22(28)32/h2-11,14-15,30H,12-13H2,1H3,(H2,28,32)(H,29,33)(H,31,34)/b24-23-. The van der Waals surface area contributed by atoms with Crippen molar-refractivity contribution in [1.82, 2.24) is 5.32 Å². The van der Waals surface area contributed by atoms with E-state index in [4.69, 9.17) is 10.5 Å². The van der Waals surface area contributed by atoms with Crippen molar-refractivity contribution < 1.29 is 23.9 Å². The largest absolute Gasteiger partial charge is 0.465 e.